The first-order valence-corrected chi connectivity index (χ1v) is 10.5. The van der Waals surface area contributed by atoms with Gasteiger partial charge in [0.05, 0.1) is 17.3 Å². The quantitative estimate of drug-likeness (QED) is 0.662. The van der Waals surface area contributed by atoms with Crippen LogP contribution in [0.3, 0.4) is 0 Å². The van der Waals surface area contributed by atoms with Gasteiger partial charge in [0.15, 0.2) is 0 Å². The smallest absolute Gasteiger partial charge is 0.232 e. The highest BCUT2D eigenvalue weighted by molar-refractivity contribution is 5.87. The molecule has 1 fully saturated rings. The zero-order chi connectivity index (χ0) is 21.8. The first-order valence-electron chi connectivity index (χ1n) is 10.5. The van der Waals surface area contributed by atoms with Crippen LogP contribution in [0.15, 0.2) is 61.1 Å². The van der Waals surface area contributed by atoms with Crippen LogP contribution >= 0.6 is 0 Å². The molecule has 1 atom stereocenters. The number of halogens is 1. The Labute approximate surface area is 181 Å². The first kappa shape index (κ1) is 20.9. The summed E-state index contributed by atoms with van der Waals surface area (Å²) in [7, 11) is 0. The number of amides is 1. The summed E-state index contributed by atoms with van der Waals surface area (Å²) in [4.78, 5) is 28.1. The maximum Gasteiger partial charge on any atom is 0.232 e. The van der Waals surface area contributed by atoms with E-state index in [4.69, 9.17) is 0 Å². The minimum atomic E-state index is -0.926. The van der Waals surface area contributed by atoms with Crippen LogP contribution in [0.2, 0.25) is 0 Å². The largest absolute Gasteiger partial charge is 0.341 e. The van der Waals surface area contributed by atoms with Crippen molar-refractivity contribution in [1.82, 2.24) is 19.9 Å². The fraction of sp³-hybridized carbons (Fsp3) is 0.333. The molecule has 0 aliphatic carbocycles. The van der Waals surface area contributed by atoms with E-state index in [-0.39, 0.29) is 17.6 Å². The number of likely N-dealkylation sites (tertiary alicyclic amines) is 1. The van der Waals surface area contributed by atoms with Crippen LogP contribution in [-0.4, -0.2) is 38.8 Å². The van der Waals surface area contributed by atoms with Gasteiger partial charge in [0.1, 0.15) is 5.82 Å². The molecule has 31 heavy (non-hydrogen) atoms. The van der Waals surface area contributed by atoms with Crippen molar-refractivity contribution in [2.24, 2.45) is 0 Å². The number of benzene rings is 1. The lowest BCUT2D eigenvalue weighted by molar-refractivity contribution is -0.137. The lowest BCUT2D eigenvalue weighted by Gasteiger charge is -2.37. The van der Waals surface area contributed by atoms with E-state index >= 15 is 0 Å². The van der Waals surface area contributed by atoms with E-state index in [9.17, 15) is 9.18 Å². The van der Waals surface area contributed by atoms with E-state index in [1.165, 1.54) is 6.07 Å². The molecule has 1 amide bonds. The predicted molar refractivity (Wildman–Crippen MR) is 118 cm³/mol. The van der Waals surface area contributed by atoms with Crippen molar-refractivity contribution >= 4 is 17.5 Å². The van der Waals surface area contributed by atoms with E-state index in [0.717, 1.165) is 24.2 Å². The number of hydrogen-bond acceptors (Lipinski definition) is 5. The molecule has 3 aromatic rings. The molecule has 3 heterocycles. The molecule has 4 rings (SSSR count). The van der Waals surface area contributed by atoms with Crippen molar-refractivity contribution in [3.8, 4) is 0 Å². The lowest BCUT2D eigenvalue weighted by atomic mass is 9.81. The van der Waals surface area contributed by atoms with Gasteiger partial charge in [-0.2, -0.15) is 0 Å². The number of pyridine rings is 1. The Morgan fingerprint density at radius 3 is 2.58 bits per heavy atom. The van der Waals surface area contributed by atoms with E-state index in [1.54, 1.807) is 56.7 Å². The van der Waals surface area contributed by atoms with Crippen LogP contribution < -0.4 is 5.32 Å². The monoisotopic (exact) mass is 419 g/mol. The average Bonchev–Trinajstić information content (AvgIpc) is 2.80. The fourth-order valence-electron chi connectivity index (χ4n) is 4.10. The zero-order valence-corrected chi connectivity index (χ0v) is 17.8. The number of nitrogens with zero attached hydrogens (tertiary/aromatic N) is 4. The highest BCUT2D eigenvalue weighted by Gasteiger charge is 2.37. The van der Waals surface area contributed by atoms with E-state index in [2.05, 4.69) is 20.3 Å². The summed E-state index contributed by atoms with van der Waals surface area (Å²) in [5.74, 6) is 0.265. The number of nitrogens with one attached hydrogen (secondary N) is 1. The second kappa shape index (κ2) is 8.79. The minimum Gasteiger partial charge on any atom is -0.341 e. The fourth-order valence-corrected chi connectivity index (χ4v) is 4.10. The summed E-state index contributed by atoms with van der Waals surface area (Å²) in [5.41, 5.74) is 1.25. The predicted octanol–water partition coefficient (Wildman–Crippen LogP) is 4.44. The molecular weight excluding hydrogens is 393 g/mol. The SMILES string of the molecule is CC(C)(C(=O)N1CCCC(c2ccc(Nc3ncccn3)cn2)C1)c1ccccc1F. The standard InChI is InChI=1S/C24H26FN5O/c1-24(2,19-8-3-4-9-20(19)25)22(31)30-14-5-7-17(16-30)21-11-10-18(15-28-21)29-23-26-12-6-13-27-23/h3-4,6,8-13,15,17H,5,7,14,16H2,1-2H3,(H,26,27,29). The first-order chi connectivity index (χ1) is 14.9. The second-order valence-corrected chi connectivity index (χ2v) is 8.36. The molecule has 6 nitrogen and oxygen atoms in total. The molecule has 1 unspecified atom stereocenters. The van der Waals surface area contributed by atoms with Gasteiger partial charge in [-0.3, -0.25) is 9.78 Å². The maximum absolute atomic E-state index is 14.4. The Balaban J connectivity index is 1.46. The molecule has 0 saturated carbocycles. The summed E-state index contributed by atoms with van der Waals surface area (Å²) in [6.45, 7) is 4.85. The molecular formula is C24H26FN5O. The number of aromatic nitrogens is 3. The number of carbonyl (C=O) groups excluding carboxylic acids is 1. The summed E-state index contributed by atoms with van der Waals surface area (Å²) >= 11 is 0. The van der Waals surface area contributed by atoms with Crippen molar-refractivity contribution in [3.05, 3.63) is 78.1 Å². The van der Waals surface area contributed by atoms with Gasteiger partial charge < -0.3 is 10.2 Å². The van der Waals surface area contributed by atoms with Crippen molar-refractivity contribution in [1.29, 1.82) is 0 Å². The van der Waals surface area contributed by atoms with Crippen LogP contribution in [0.5, 0.6) is 0 Å². The van der Waals surface area contributed by atoms with Crippen LogP contribution in [0.25, 0.3) is 0 Å². The summed E-state index contributed by atoms with van der Waals surface area (Å²) in [6, 6.07) is 12.2. The van der Waals surface area contributed by atoms with Crippen LogP contribution in [0.4, 0.5) is 16.0 Å². The van der Waals surface area contributed by atoms with Gasteiger partial charge in [0.2, 0.25) is 11.9 Å². The molecule has 0 spiro atoms. The van der Waals surface area contributed by atoms with Crippen LogP contribution in [-0.2, 0) is 10.2 Å². The van der Waals surface area contributed by atoms with Crippen molar-refractivity contribution in [3.63, 3.8) is 0 Å². The lowest BCUT2D eigenvalue weighted by Crippen LogP contribution is -2.47. The Morgan fingerprint density at radius 2 is 1.87 bits per heavy atom. The number of anilines is 2. The average molecular weight is 420 g/mol. The van der Waals surface area contributed by atoms with Gasteiger partial charge in [-0.1, -0.05) is 18.2 Å². The molecule has 0 radical (unpaired) electrons. The number of hydrogen-bond donors (Lipinski definition) is 1. The highest BCUT2D eigenvalue weighted by atomic mass is 19.1. The Bertz CT molecular complexity index is 1040. The van der Waals surface area contributed by atoms with Crippen LogP contribution in [0, 0.1) is 5.82 Å². The minimum absolute atomic E-state index is 0.0539. The maximum atomic E-state index is 14.4. The molecule has 1 saturated heterocycles. The molecule has 1 N–H and O–H groups in total. The number of rotatable bonds is 5. The van der Waals surface area contributed by atoms with E-state index in [0.29, 0.717) is 24.6 Å². The Morgan fingerprint density at radius 1 is 1.10 bits per heavy atom. The van der Waals surface area contributed by atoms with E-state index < -0.39 is 5.41 Å². The highest BCUT2D eigenvalue weighted by Crippen LogP contribution is 2.32. The molecule has 1 aliphatic rings. The summed E-state index contributed by atoms with van der Waals surface area (Å²) in [6.07, 6.45) is 6.96. The molecule has 160 valence electrons. The Kier molecular flexibility index (Phi) is 5.93. The third kappa shape index (κ3) is 4.55. The molecule has 2 aromatic heterocycles. The van der Waals surface area contributed by atoms with Gasteiger partial charge in [-0.25, -0.2) is 14.4 Å². The molecule has 1 aliphatic heterocycles. The van der Waals surface area contributed by atoms with Crippen LogP contribution in [0.1, 0.15) is 43.9 Å². The van der Waals surface area contributed by atoms with Gasteiger partial charge in [0, 0.05) is 42.7 Å². The third-order valence-electron chi connectivity index (χ3n) is 5.82. The Hall–Kier alpha value is -3.35. The zero-order valence-electron chi connectivity index (χ0n) is 17.8. The third-order valence-corrected chi connectivity index (χ3v) is 5.82. The van der Waals surface area contributed by atoms with E-state index in [1.807, 2.05) is 17.0 Å². The molecule has 1 aromatic carbocycles. The molecule has 7 heteroatoms. The van der Waals surface area contributed by atoms with Gasteiger partial charge in [-0.05, 0) is 51.0 Å². The number of carbonyl (C=O) groups is 1. The number of piperidine rings is 1. The van der Waals surface area contributed by atoms with Gasteiger partial charge in [-0.15, -0.1) is 0 Å². The van der Waals surface area contributed by atoms with Crippen molar-refractivity contribution < 1.29 is 9.18 Å². The normalized spacial score (nSPS) is 16.7. The van der Waals surface area contributed by atoms with Crippen molar-refractivity contribution in [2.75, 3.05) is 18.4 Å². The summed E-state index contributed by atoms with van der Waals surface area (Å²) in [5, 5.41) is 3.12. The summed E-state index contributed by atoms with van der Waals surface area (Å²) < 4.78 is 14.4. The molecule has 0 bridgehead atoms. The topological polar surface area (TPSA) is 71.0 Å². The van der Waals surface area contributed by atoms with Gasteiger partial charge >= 0.3 is 0 Å². The second-order valence-electron chi connectivity index (χ2n) is 8.36. The van der Waals surface area contributed by atoms with Gasteiger partial charge in [0.25, 0.3) is 0 Å². The van der Waals surface area contributed by atoms with Crippen molar-refractivity contribution in [2.45, 2.75) is 38.0 Å².